The lowest BCUT2D eigenvalue weighted by Crippen LogP contribution is -2.44. The molecule has 0 aromatic heterocycles. The lowest BCUT2D eigenvalue weighted by Gasteiger charge is -2.42. The van der Waals surface area contributed by atoms with Crippen LogP contribution >= 0.6 is 0 Å². The second-order valence-corrected chi connectivity index (χ2v) is 8.14. The van der Waals surface area contributed by atoms with Crippen LogP contribution in [0.4, 0.5) is 0 Å². The number of rotatable bonds is 11. The molecule has 0 N–H and O–H groups in total. The predicted octanol–water partition coefficient (Wildman–Crippen LogP) is 5.76. The summed E-state index contributed by atoms with van der Waals surface area (Å²) in [5.74, 6) is 2.82. The Balaban J connectivity index is 1.89. The normalized spacial score (nSPS) is 15.9. The number of methoxy groups -OCH3 is 3. The highest BCUT2D eigenvalue weighted by atomic mass is 16.5. The van der Waals surface area contributed by atoms with E-state index in [0.29, 0.717) is 17.2 Å². The zero-order valence-electron chi connectivity index (χ0n) is 19.0. The summed E-state index contributed by atoms with van der Waals surface area (Å²) in [5, 5.41) is 0. The maximum atomic E-state index is 5.50. The SMILES string of the molecule is CCC(CC=Cc1cc(OC)c(OC)c(OC)c1)(c1ccccc1)N(C)CC1CC1. The van der Waals surface area contributed by atoms with Crippen LogP contribution in [0.3, 0.4) is 0 Å². The van der Waals surface area contributed by atoms with Gasteiger partial charge in [-0.1, -0.05) is 49.4 Å². The van der Waals surface area contributed by atoms with Crippen LogP contribution in [0.15, 0.2) is 48.5 Å². The largest absolute Gasteiger partial charge is 0.493 e. The van der Waals surface area contributed by atoms with E-state index in [1.807, 2.05) is 12.1 Å². The topological polar surface area (TPSA) is 30.9 Å². The van der Waals surface area contributed by atoms with Gasteiger partial charge in [-0.15, -0.1) is 0 Å². The summed E-state index contributed by atoms with van der Waals surface area (Å²) in [5.41, 5.74) is 2.40. The van der Waals surface area contributed by atoms with Gasteiger partial charge in [0.2, 0.25) is 5.75 Å². The van der Waals surface area contributed by atoms with E-state index in [9.17, 15) is 0 Å². The minimum absolute atomic E-state index is 0.0129. The van der Waals surface area contributed by atoms with Gasteiger partial charge in [0.15, 0.2) is 11.5 Å². The molecule has 0 heterocycles. The molecule has 1 atom stereocenters. The van der Waals surface area contributed by atoms with Crippen molar-refractivity contribution in [2.24, 2.45) is 5.92 Å². The van der Waals surface area contributed by atoms with Gasteiger partial charge in [-0.25, -0.2) is 0 Å². The average Bonchev–Trinajstić information content (AvgIpc) is 3.60. The molecule has 3 rings (SSSR count). The Kier molecular flexibility index (Phi) is 7.43. The summed E-state index contributed by atoms with van der Waals surface area (Å²) in [4.78, 5) is 2.57. The molecule has 1 aliphatic rings. The fourth-order valence-corrected chi connectivity index (χ4v) is 4.31. The molecular weight excluding hydrogens is 374 g/mol. The Morgan fingerprint density at radius 2 is 1.63 bits per heavy atom. The number of nitrogens with zero attached hydrogens (tertiary/aromatic N) is 1. The Morgan fingerprint density at radius 1 is 1.00 bits per heavy atom. The van der Waals surface area contributed by atoms with Gasteiger partial charge in [-0.05, 0) is 61.9 Å². The molecule has 0 amide bonds. The van der Waals surface area contributed by atoms with E-state index in [2.05, 4.69) is 61.4 Å². The first-order chi connectivity index (χ1) is 14.6. The second kappa shape index (κ2) is 10.0. The molecule has 0 spiro atoms. The van der Waals surface area contributed by atoms with Crippen molar-refractivity contribution in [1.82, 2.24) is 4.90 Å². The molecule has 30 heavy (non-hydrogen) atoms. The van der Waals surface area contributed by atoms with Crippen molar-refractivity contribution in [3.05, 3.63) is 59.7 Å². The average molecular weight is 410 g/mol. The van der Waals surface area contributed by atoms with Gasteiger partial charge >= 0.3 is 0 Å². The van der Waals surface area contributed by atoms with Crippen molar-refractivity contribution in [2.75, 3.05) is 34.9 Å². The van der Waals surface area contributed by atoms with Crippen LogP contribution in [0, 0.1) is 5.92 Å². The minimum atomic E-state index is -0.0129. The Labute approximate surface area is 181 Å². The van der Waals surface area contributed by atoms with E-state index < -0.39 is 0 Å². The van der Waals surface area contributed by atoms with Crippen molar-refractivity contribution in [2.45, 2.75) is 38.1 Å². The fraction of sp³-hybridized carbons (Fsp3) is 0.462. The quantitative estimate of drug-likeness (QED) is 0.472. The van der Waals surface area contributed by atoms with Gasteiger partial charge in [0, 0.05) is 12.1 Å². The molecule has 162 valence electrons. The highest BCUT2D eigenvalue weighted by molar-refractivity contribution is 5.62. The lowest BCUT2D eigenvalue weighted by molar-refractivity contribution is 0.108. The zero-order valence-corrected chi connectivity index (χ0v) is 19.0. The molecule has 1 unspecified atom stereocenters. The summed E-state index contributed by atoms with van der Waals surface area (Å²) in [6.45, 7) is 3.45. The smallest absolute Gasteiger partial charge is 0.203 e. The lowest BCUT2D eigenvalue weighted by atomic mass is 9.82. The number of ether oxygens (including phenoxy) is 3. The molecule has 1 aliphatic carbocycles. The van der Waals surface area contributed by atoms with Crippen LogP contribution in [0.25, 0.3) is 6.08 Å². The summed E-state index contributed by atoms with van der Waals surface area (Å²) < 4.78 is 16.4. The van der Waals surface area contributed by atoms with Crippen molar-refractivity contribution in [1.29, 1.82) is 0 Å². The summed E-state index contributed by atoms with van der Waals surface area (Å²) in [6.07, 6.45) is 9.15. The minimum Gasteiger partial charge on any atom is -0.493 e. The maximum Gasteiger partial charge on any atom is 0.203 e. The molecule has 4 nitrogen and oxygen atoms in total. The Hall–Kier alpha value is -2.46. The Morgan fingerprint density at radius 3 is 2.13 bits per heavy atom. The van der Waals surface area contributed by atoms with Gasteiger partial charge in [0.1, 0.15) is 0 Å². The monoisotopic (exact) mass is 409 g/mol. The standard InChI is InChI=1S/C26H35NO3/c1-6-26(22-12-8-7-9-13-22,27(2)19-20-14-15-20)16-10-11-21-17-23(28-3)25(30-5)24(18-21)29-4/h7-13,17-18,20H,6,14-16,19H2,1-5H3. The van der Waals surface area contributed by atoms with Gasteiger partial charge in [0.25, 0.3) is 0 Å². The second-order valence-electron chi connectivity index (χ2n) is 8.14. The molecule has 2 aromatic rings. The van der Waals surface area contributed by atoms with Crippen LogP contribution in [0.1, 0.15) is 43.7 Å². The molecule has 4 heteroatoms. The predicted molar refractivity (Wildman–Crippen MR) is 124 cm³/mol. The van der Waals surface area contributed by atoms with Gasteiger partial charge in [0.05, 0.1) is 21.3 Å². The third kappa shape index (κ3) is 4.81. The molecule has 0 bridgehead atoms. The van der Waals surface area contributed by atoms with Crippen molar-refractivity contribution < 1.29 is 14.2 Å². The van der Waals surface area contributed by atoms with Crippen molar-refractivity contribution in [3.8, 4) is 17.2 Å². The van der Waals surface area contributed by atoms with Crippen LogP contribution in [0.2, 0.25) is 0 Å². The third-order valence-electron chi connectivity index (χ3n) is 6.31. The van der Waals surface area contributed by atoms with Gasteiger partial charge in [-0.2, -0.15) is 0 Å². The highest BCUT2D eigenvalue weighted by Crippen LogP contribution is 2.41. The van der Waals surface area contributed by atoms with Crippen LogP contribution in [0.5, 0.6) is 17.2 Å². The van der Waals surface area contributed by atoms with E-state index in [4.69, 9.17) is 14.2 Å². The summed E-state index contributed by atoms with van der Waals surface area (Å²) in [6, 6.07) is 14.9. The Bertz CT molecular complexity index is 820. The maximum absolute atomic E-state index is 5.50. The fourth-order valence-electron chi connectivity index (χ4n) is 4.31. The molecule has 1 saturated carbocycles. The summed E-state index contributed by atoms with van der Waals surface area (Å²) in [7, 11) is 7.20. The first-order valence-corrected chi connectivity index (χ1v) is 10.8. The van der Waals surface area contributed by atoms with Crippen molar-refractivity contribution >= 4 is 6.08 Å². The first-order valence-electron chi connectivity index (χ1n) is 10.8. The van der Waals surface area contributed by atoms with E-state index in [1.54, 1.807) is 21.3 Å². The number of benzene rings is 2. The van der Waals surface area contributed by atoms with Crippen LogP contribution in [-0.2, 0) is 5.54 Å². The molecule has 1 fully saturated rings. The first kappa shape index (κ1) is 22.2. The van der Waals surface area contributed by atoms with E-state index >= 15 is 0 Å². The van der Waals surface area contributed by atoms with E-state index in [-0.39, 0.29) is 5.54 Å². The number of hydrogen-bond acceptors (Lipinski definition) is 4. The molecule has 0 saturated heterocycles. The molecule has 2 aromatic carbocycles. The highest BCUT2D eigenvalue weighted by Gasteiger charge is 2.36. The van der Waals surface area contributed by atoms with E-state index in [1.165, 1.54) is 18.4 Å². The molecular formula is C26H35NO3. The van der Waals surface area contributed by atoms with Crippen LogP contribution < -0.4 is 14.2 Å². The molecule has 0 aliphatic heterocycles. The van der Waals surface area contributed by atoms with Crippen molar-refractivity contribution in [3.63, 3.8) is 0 Å². The van der Waals surface area contributed by atoms with Gasteiger partial charge in [-0.3, -0.25) is 4.90 Å². The summed E-state index contributed by atoms with van der Waals surface area (Å²) >= 11 is 0. The van der Waals surface area contributed by atoms with E-state index in [0.717, 1.165) is 30.9 Å². The molecule has 0 radical (unpaired) electrons. The van der Waals surface area contributed by atoms with Crippen LogP contribution in [-0.4, -0.2) is 39.8 Å². The third-order valence-corrected chi connectivity index (χ3v) is 6.31. The number of hydrogen-bond donors (Lipinski definition) is 0. The van der Waals surface area contributed by atoms with Gasteiger partial charge < -0.3 is 14.2 Å². The zero-order chi connectivity index (χ0) is 21.6.